The average molecular weight is 387 g/mol. The van der Waals surface area contributed by atoms with Crippen molar-refractivity contribution in [1.29, 1.82) is 0 Å². The van der Waals surface area contributed by atoms with E-state index in [9.17, 15) is 4.79 Å². The molecular weight excluding hydrogens is 358 g/mol. The SMILES string of the molecule is COc1cc(OC)c(C(=O)NCCCOc2cc(C)cc(C)c2C)cc1OC. The van der Waals surface area contributed by atoms with Gasteiger partial charge >= 0.3 is 0 Å². The van der Waals surface area contributed by atoms with Crippen molar-refractivity contribution < 1.29 is 23.7 Å². The molecule has 0 radical (unpaired) electrons. The first-order valence-corrected chi connectivity index (χ1v) is 9.20. The predicted octanol–water partition coefficient (Wildman–Crippen LogP) is 3.84. The summed E-state index contributed by atoms with van der Waals surface area (Å²) in [4.78, 5) is 12.5. The number of methoxy groups -OCH3 is 3. The maximum Gasteiger partial charge on any atom is 0.255 e. The number of benzene rings is 2. The van der Waals surface area contributed by atoms with E-state index in [0.717, 1.165) is 11.3 Å². The van der Waals surface area contributed by atoms with Crippen LogP contribution in [-0.4, -0.2) is 40.4 Å². The van der Waals surface area contributed by atoms with Gasteiger partial charge in [-0.05, 0) is 49.9 Å². The number of nitrogens with one attached hydrogen (secondary N) is 1. The summed E-state index contributed by atoms with van der Waals surface area (Å²) >= 11 is 0. The molecule has 0 aliphatic heterocycles. The summed E-state index contributed by atoms with van der Waals surface area (Å²) < 4.78 is 21.7. The van der Waals surface area contributed by atoms with Crippen molar-refractivity contribution in [3.63, 3.8) is 0 Å². The number of carbonyl (C=O) groups is 1. The highest BCUT2D eigenvalue weighted by molar-refractivity contribution is 5.97. The molecule has 0 bridgehead atoms. The number of carbonyl (C=O) groups excluding carboxylic acids is 1. The van der Waals surface area contributed by atoms with E-state index in [4.69, 9.17) is 18.9 Å². The normalized spacial score (nSPS) is 10.4. The molecule has 152 valence electrons. The van der Waals surface area contributed by atoms with Crippen molar-refractivity contribution in [2.75, 3.05) is 34.5 Å². The van der Waals surface area contributed by atoms with Gasteiger partial charge in [0.05, 0.1) is 33.5 Å². The molecule has 0 aliphatic carbocycles. The van der Waals surface area contributed by atoms with E-state index in [1.54, 1.807) is 12.1 Å². The molecule has 0 heterocycles. The van der Waals surface area contributed by atoms with Crippen molar-refractivity contribution in [2.24, 2.45) is 0 Å². The molecular formula is C22H29NO5. The van der Waals surface area contributed by atoms with Crippen LogP contribution in [0.3, 0.4) is 0 Å². The van der Waals surface area contributed by atoms with Crippen molar-refractivity contribution >= 4 is 5.91 Å². The topological polar surface area (TPSA) is 66.0 Å². The molecule has 0 spiro atoms. The van der Waals surface area contributed by atoms with Gasteiger partial charge in [0, 0.05) is 18.7 Å². The molecule has 28 heavy (non-hydrogen) atoms. The van der Waals surface area contributed by atoms with Crippen LogP contribution in [0.25, 0.3) is 0 Å². The standard InChI is InChI=1S/C22H29NO5/c1-14-10-15(2)16(3)18(11-14)28-9-7-8-23-22(24)17-12-20(26-5)21(27-6)13-19(17)25-4/h10-13H,7-9H2,1-6H3,(H,23,24). The fourth-order valence-electron chi connectivity index (χ4n) is 2.91. The zero-order valence-corrected chi connectivity index (χ0v) is 17.5. The van der Waals surface area contributed by atoms with E-state index in [2.05, 4.69) is 32.2 Å². The van der Waals surface area contributed by atoms with Crippen LogP contribution in [0.2, 0.25) is 0 Å². The summed E-state index contributed by atoms with van der Waals surface area (Å²) in [5.41, 5.74) is 3.92. The van der Waals surface area contributed by atoms with Crippen molar-refractivity contribution in [2.45, 2.75) is 27.2 Å². The Kier molecular flexibility index (Phi) is 7.55. The first-order valence-electron chi connectivity index (χ1n) is 9.20. The largest absolute Gasteiger partial charge is 0.496 e. The molecule has 1 amide bonds. The minimum atomic E-state index is -0.236. The highest BCUT2D eigenvalue weighted by Gasteiger charge is 2.17. The minimum absolute atomic E-state index is 0.236. The smallest absolute Gasteiger partial charge is 0.255 e. The van der Waals surface area contributed by atoms with Crippen LogP contribution in [0, 0.1) is 20.8 Å². The zero-order chi connectivity index (χ0) is 20.7. The Bertz CT molecular complexity index is 832. The number of ether oxygens (including phenoxy) is 4. The first-order chi connectivity index (χ1) is 13.4. The molecule has 1 N–H and O–H groups in total. The summed E-state index contributed by atoms with van der Waals surface area (Å²) in [6.07, 6.45) is 0.688. The maximum absolute atomic E-state index is 12.5. The molecule has 0 saturated carbocycles. The lowest BCUT2D eigenvalue weighted by molar-refractivity contribution is 0.0948. The fraction of sp³-hybridized carbons (Fsp3) is 0.409. The fourth-order valence-corrected chi connectivity index (χ4v) is 2.91. The van der Waals surface area contributed by atoms with E-state index in [-0.39, 0.29) is 5.91 Å². The second-order valence-corrected chi connectivity index (χ2v) is 6.57. The second-order valence-electron chi connectivity index (χ2n) is 6.57. The van der Waals surface area contributed by atoms with Gasteiger partial charge in [0.15, 0.2) is 11.5 Å². The van der Waals surface area contributed by atoms with E-state index in [1.807, 2.05) is 6.07 Å². The lowest BCUT2D eigenvalue weighted by atomic mass is 10.1. The van der Waals surface area contributed by atoms with Crippen LogP contribution < -0.4 is 24.3 Å². The lowest BCUT2D eigenvalue weighted by Crippen LogP contribution is -2.26. The number of hydrogen-bond acceptors (Lipinski definition) is 5. The Morgan fingerprint density at radius 1 is 0.857 bits per heavy atom. The van der Waals surface area contributed by atoms with Crippen molar-refractivity contribution in [1.82, 2.24) is 5.32 Å². The third-order valence-electron chi connectivity index (χ3n) is 4.58. The van der Waals surface area contributed by atoms with Gasteiger partial charge in [0.2, 0.25) is 0 Å². The summed E-state index contributed by atoms with van der Waals surface area (Å²) in [7, 11) is 4.57. The quantitative estimate of drug-likeness (QED) is 0.663. The molecule has 2 aromatic rings. The highest BCUT2D eigenvalue weighted by Crippen LogP contribution is 2.34. The van der Waals surface area contributed by atoms with Gasteiger partial charge < -0.3 is 24.3 Å². The molecule has 0 fully saturated rings. The van der Waals surface area contributed by atoms with Crippen LogP contribution in [-0.2, 0) is 0 Å². The highest BCUT2D eigenvalue weighted by atomic mass is 16.5. The third kappa shape index (κ3) is 5.09. The van der Waals surface area contributed by atoms with Gasteiger partial charge in [-0.2, -0.15) is 0 Å². The zero-order valence-electron chi connectivity index (χ0n) is 17.5. The molecule has 6 nitrogen and oxygen atoms in total. The second kappa shape index (κ2) is 9.88. The van der Waals surface area contributed by atoms with Crippen LogP contribution in [0.15, 0.2) is 24.3 Å². The Morgan fingerprint density at radius 3 is 2.14 bits per heavy atom. The van der Waals surface area contributed by atoms with E-state index < -0.39 is 0 Å². The van der Waals surface area contributed by atoms with Crippen molar-refractivity contribution in [3.8, 4) is 23.0 Å². The van der Waals surface area contributed by atoms with Crippen LogP contribution in [0.4, 0.5) is 0 Å². The van der Waals surface area contributed by atoms with Crippen molar-refractivity contribution in [3.05, 3.63) is 46.5 Å². The van der Waals surface area contributed by atoms with Gasteiger partial charge in [-0.15, -0.1) is 0 Å². The number of hydrogen-bond donors (Lipinski definition) is 1. The van der Waals surface area contributed by atoms with Gasteiger partial charge in [-0.3, -0.25) is 4.79 Å². The minimum Gasteiger partial charge on any atom is -0.496 e. The molecule has 0 saturated heterocycles. The Hall–Kier alpha value is -2.89. The Balaban J connectivity index is 1.93. The van der Waals surface area contributed by atoms with E-state index in [1.165, 1.54) is 32.5 Å². The number of rotatable bonds is 9. The number of aryl methyl sites for hydroxylation is 2. The predicted molar refractivity (Wildman–Crippen MR) is 109 cm³/mol. The molecule has 0 aliphatic rings. The Labute approximate surface area is 166 Å². The summed E-state index contributed by atoms with van der Waals surface area (Å²) in [6.45, 7) is 7.18. The third-order valence-corrected chi connectivity index (χ3v) is 4.58. The van der Waals surface area contributed by atoms with Gasteiger partial charge in [0.25, 0.3) is 5.91 Å². The van der Waals surface area contributed by atoms with Crippen LogP contribution >= 0.6 is 0 Å². The van der Waals surface area contributed by atoms with E-state index in [0.29, 0.717) is 42.4 Å². The lowest BCUT2D eigenvalue weighted by Gasteiger charge is -2.14. The summed E-state index contributed by atoms with van der Waals surface area (Å²) in [5, 5.41) is 2.89. The molecule has 2 aromatic carbocycles. The molecule has 2 rings (SSSR count). The average Bonchev–Trinajstić information content (AvgIpc) is 2.69. The molecule has 0 aromatic heterocycles. The summed E-state index contributed by atoms with van der Waals surface area (Å²) in [6, 6.07) is 7.43. The molecule has 0 atom stereocenters. The first kappa shape index (κ1) is 21.4. The van der Waals surface area contributed by atoms with Crippen LogP contribution in [0.5, 0.6) is 23.0 Å². The maximum atomic E-state index is 12.5. The van der Waals surface area contributed by atoms with Gasteiger partial charge in [-0.1, -0.05) is 6.07 Å². The number of amides is 1. The summed E-state index contributed by atoms with van der Waals surface area (Å²) in [5.74, 6) is 2.07. The molecule has 0 unspecified atom stereocenters. The monoisotopic (exact) mass is 387 g/mol. The van der Waals surface area contributed by atoms with Gasteiger partial charge in [-0.25, -0.2) is 0 Å². The van der Waals surface area contributed by atoms with Crippen LogP contribution in [0.1, 0.15) is 33.5 Å². The van der Waals surface area contributed by atoms with Gasteiger partial charge in [0.1, 0.15) is 11.5 Å². The Morgan fingerprint density at radius 2 is 1.50 bits per heavy atom. The molecule has 6 heteroatoms. The van der Waals surface area contributed by atoms with E-state index >= 15 is 0 Å².